The Morgan fingerprint density at radius 3 is 2.91 bits per heavy atom. The Morgan fingerprint density at radius 2 is 2.05 bits per heavy atom. The van der Waals surface area contributed by atoms with Crippen LogP contribution in [-0.4, -0.2) is 29.7 Å². The van der Waals surface area contributed by atoms with Gasteiger partial charge in [-0.3, -0.25) is 0 Å². The number of nitrogens with zero attached hydrogens (tertiary/aromatic N) is 2. The van der Waals surface area contributed by atoms with E-state index in [1.807, 2.05) is 30.5 Å². The molecular weight excluding hydrogens is 284 g/mol. The van der Waals surface area contributed by atoms with E-state index in [2.05, 4.69) is 5.10 Å². The molecule has 0 aliphatic carbocycles. The maximum Gasteiger partial charge on any atom is 0.337 e. The van der Waals surface area contributed by atoms with Gasteiger partial charge in [0.2, 0.25) is 6.79 Å². The van der Waals surface area contributed by atoms with Crippen molar-refractivity contribution in [2.45, 2.75) is 0 Å². The molecule has 0 saturated heterocycles. The minimum atomic E-state index is -0.375. The van der Waals surface area contributed by atoms with Gasteiger partial charge in [0.25, 0.3) is 0 Å². The predicted octanol–water partition coefficient (Wildman–Crippen LogP) is 2.54. The van der Waals surface area contributed by atoms with Crippen LogP contribution in [0.4, 0.5) is 0 Å². The molecule has 4 rings (SSSR count). The van der Waals surface area contributed by atoms with Crippen molar-refractivity contribution in [1.82, 2.24) is 9.78 Å². The van der Waals surface area contributed by atoms with E-state index < -0.39 is 0 Å². The molecule has 2 aromatic carbocycles. The van der Waals surface area contributed by atoms with Gasteiger partial charge >= 0.3 is 5.97 Å². The van der Waals surface area contributed by atoms with Crippen LogP contribution in [0.15, 0.2) is 42.6 Å². The predicted molar refractivity (Wildman–Crippen MR) is 78.5 cm³/mol. The molecule has 22 heavy (non-hydrogen) atoms. The first kappa shape index (κ1) is 12.7. The molecule has 6 heteroatoms. The highest BCUT2D eigenvalue weighted by Crippen LogP contribution is 2.33. The monoisotopic (exact) mass is 296 g/mol. The molecule has 0 radical (unpaired) electrons. The molecule has 1 aromatic heterocycles. The van der Waals surface area contributed by atoms with Gasteiger partial charge in [-0.1, -0.05) is 6.07 Å². The van der Waals surface area contributed by atoms with Gasteiger partial charge in [-0.15, -0.1) is 0 Å². The summed E-state index contributed by atoms with van der Waals surface area (Å²) in [4.78, 5) is 11.6. The minimum Gasteiger partial charge on any atom is -0.465 e. The van der Waals surface area contributed by atoms with E-state index in [1.165, 1.54) is 7.11 Å². The molecule has 0 atom stereocenters. The number of fused-ring (bicyclic) bond motifs is 2. The Kier molecular flexibility index (Phi) is 2.75. The van der Waals surface area contributed by atoms with Crippen molar-refractivity contribution in [3.8, 4) is 17.2 Å². The zero-order valence-electron chi connectivity index (χ0n) is 11.8. The van der Waals surface area contributed by atoms with Crippen LogP contribution in [0.2, 0.25) is 0 Å². The van der Waals surface area contributed by atoms with Crippen molar-refractivity contribution in [2.75, 3.05) is 13.9 Å². The second-order valence-corrected chi connectivity index (χ2v) is 4.88. The van der Waals surface area contributed by atoms with Gasteiger partial charge < -0.3 is 14.2 Å². The number of carbonyl (C=O) groups excluding carboxylic acids is 1. The SMILES string of the molecule is COC(=O)c1ccc2cn(-c3ccc4c(c3)OCO4)nc2c1. The Labute approximate surface area is 125 Å². The quantitative estimate of drug-likeness (QED) is 0.680. The number of methoxy groups -OCH3 is 1. The molecule has 0 spiro atoms. The van der Waals surface area contributed by atoms with Crippen LogP contribution in [0.5, 0.6) is 11.5 Å². The lowest BCUT2D eigenvalue weighted by Gasteiger charge is -2.02. The molecule has 1 aliphatic rings. The van der Waals surface area contributed by atoms with E-state index in [0.29, 0.717) is 11.3 Å². The van der Waals surface area contributed by atoms with Crippen molar-refractivity contribution in [1.29, 1.82) is 0 Å². The summed E-state index contributed by atoms with van der Waals surface area (Å²) in [5.41, 5.74) is 2.06. The van der Waals surface area contributed by atoms with Gasteiger partial charge in [0, 0.05) is 17.6 Å². The molecule has 110 valence electrons. The van der Waals surface area contributed by atoms with Crippen LogP contribution >= 0.6 is 0 Å². The van der Waals surface area contributed by atoms with Crippen molar-refractivity contribution in [2.24, 2.45) is 0 Å². The summed E-state index contributed by atoms with van der Waals surface area (Å²) in [5, 5.41) is 5.43. The summed E-state index contributed by atoms with van der Waals surface area (Å²) in [5.74, 6) is 1.06. The first-order valence-corrected chi connectivity index (χ1v) is 6.72. The lowest BCUT2D eigenvalue weighted by atomic mass is 10.2. The highest BCUT2D eigenvalue weighted by Gasteiger charge is 2.15. The summed E-state index contributed by atoms with van der Waals surface area (Å²) in [6.07, 6.45) is 1.90. The second-order valence-electron chi connectivity index (χ2n) is 4.88. The van der Waals surface area contributed by atoms with E-state index in [0.717, 1.165) is 22.3 Å². The zero-order chi connectivity index (χ0) is 15.1. The fourth-order valence-corrected chi connectivity index (χ4v) is 2.42. The Balaban J connectivity index is 1.77. The summed E-state index contributed by atoms with van der Waals surface area (Å²) >= 11 is 0. The fraction of sp³-hybridized carbons (Fsp3) is 0.125. The molecule has 6 nitrogen and oxygen atoms in total. The third-order valence-corrected chi connectivity index (χ3v) is 3.55. The molecule has 0 fully saturated rings. The van der Waals surface area contributed by atoms with E-state index in [4.69, 9.17) is 14.2 Å². The molecule has 1 aliphatic heterocycles. The number of hydrogen-bond donors (Lipinski definition) is 0. The average molecular weight is 296 g/mol. The van der Waals surface area contributed by atoms with Crippen LogP contribution in [0.1, 0.15) is 10.4 Å². The van der Waals surface area contributed by atoms with Crippen LogP contribution in [-0.2, 0) is 4.74 Å². The smallest absolute Gasteiger partial charge is 0.337 e. The third-order valence-electron chi connectivity index (χ3n) is 3.55. The van der Waals surface area contributed by atoms with E-state index in [-0.39, 0.29) is 12.8 Å². The van der Waals surface area contributed by atoms with Crippen molar-refractivity contribution in [3.63, 3.8) is 0 Å². The van der Waals surface area contributed by atoms with Gasteiger partial charge in [-0.05, 0) is 24.3 Å². The number of aromatic nitrogens is 2. The standard InChI is InChI=1S/C16H12N2O4/c1-20-16(19)10-2-3-11-8-18(17-13(11)6-10)12-4-5-14-15(7-12)22-9-21-14/h2-8H,9H2,1H3. The number of esters is 1. The zero-order valence-corrected chi connectivity index (χ0v) is 11.8. The van der Waals surface area contributed by atoms with Gasteiger partial charge in [-0.25, -0.2) is 9.48 Å². The Bertz CT molecular complexity index is 885. The minimum absolute atomic E-state index is 0.238. The Hall–Kier alpha value is -3.02. The highest BCUT2D eigenvalue weighted by atomic mass is 16.7. The molecule has 2 heterocycles. The van der Waals surface area contributed by atoms with Crippen LogP contribution < -0.4 is 9.47 Å². The largest absolute Gasteiger partial charge is 0.465 e. The van der Waals surface area contributed by atoms with Gasteiger partial charge in [-0.2, -0.15) is 5.10 Å². The molecule has 0 bridgehead atoms. The number of carbonyl (C=O) groups is 1. The average Bonchev–Trinajstić information content (AvgIpc) is 3.18. The highest BCUT2D eigenvalue weighted by molar-refractivity contribution is 5.94. The number of benzene rings is 2. The first-order chi connectivity index (χ1) is 10.7. The van der Waals surface area contributed by atoms with Gasteiger partial charge in [0.05, 0.1) is 23.9 Å². The van der Waals surface area contributed by atoms with Crippen molar-refractivity contribution < 1.29 is 19.0 Å². The third kappa shape index (κ3) is 1.96. The van der Waals surface area contributed by atoms with E-state index in [9.17, 15) is 4.79 Å². The molecule has 0 N–H and O–H groups in total. The summed E-state index contributed by atoms with van der Waals surface area (Å²) in [7, 11) is 1.36. The van der Waals surface area contributed by atoms with Gasteiger partial charge in [0.1, 0.15) is 0 Å². The van der Waals surface area contributed by atoms with E-state index >= 15 is 0 Å². The normalized spacial score (nSPS) is 12.6. The van der Waals surface area contributed by atoms with E-state index in [1.54, 1.807) is 16.8 Å². The number of ether oxygens (including phenoxy) is 3. The van der Waals surface area contributed by atoms with Crippen molar-refractivity contribution >= 4 is 16.9 Å². The summed E-state index contributed by atoms with van der Waals surface area (Å²) in [6, 6.07) is 10.9. The lowest BCUT2D eigenvalue weighted by Crippen LogP contribution is -2.00. The first-order valence-electron chi connectivity index (χ1n) is 6.72. The number of hydrogen-bond acceptors (Lipinski definition) is 5. The van der Waals surface area contributed by atoms with Crippen LogP contribution in [0, 0.1) is 0 Å². The molecule has 3 aromatic rings. The topological polar surface area (TPSA) is 62.6 Å². The fourth-order valence-electron chi connectivity index (χ4n) is 2.42. The summed E-state index contributed by atoms with van der Waals surface area (Å²) < 4.78 is 17.1. The maximum atomic E-state index is 11.6. The van der Waals surface area contributed by atoms with Crippen LogP contribution in [0.25, 0.3) is 16.6 Å². The molecule has 0 unspecified atom stereocenters. The van der Waals surface area contributed by atoms with Gasteiger partial charge in [0.15, 0.2) is 11.5 Å². The summed E-state index contributed by atoms with van der Waals surface area (Å²) in [6.45, 7) is 0.238. The molecule has 0 saturated carbocycles. The number of rotatable bonds is 2. The maximum absolute atomic E-state index is 11.6. The second kappa shape index (κ2) is 4.77. The Morgan fingerprint density at radius 1 is 1.18 bits per heavy atom. The van der Waals surface area contributed by atoms with Crippen LogP contribution in [0.3, 0.4) is 0 Å². The molecular formula is C16H12N2O4. The van der Waals surface area contributed by atoms with Crippen molar-refractivity contribution in [3.05, 3.63) is 48.2 Å². The lowest BCUT2D eigenvalue weighted by molar-refractivity contribution is 0.0601. The molecule has 0 amide bonds.